The summed E-state index contributed by atoms with van der Waals surface area (Å²) in [6, 6.07) is 2.22. The summed E-state index contributed by atoms with van der Waals surface area (Å²) in [5.74, 6) is 0.402. The van der Waals surface area contributed by atoms with Crippen molar-refractivity contribution in [3.8, 4) is 0 Å². The van der Waals surface area contributed by atoms with Gasteiger partial charge >= 0.3 is 0 Å². The zero-order valence-electron chi connectivity index (χ0n) is 12.5. The van der Waals surface area contributed by atoms with Crippen molar-refractivity contribution < 1.29 is 9.59 Å². The molecule has 0 spiro atoms. The fourth-order valence-corrected chi connectivity index (χ4v) is 3.49. The molecule has 1 aromatic rings. The van der Waals surface area contributed by atoms with Gasteiger partial charge in [0.2, 0.25) is 5.91 Å². The Morgan fingerprint density at radius 1 is 1.35 bits per heavy atom. The van der Waals surface area contributed by atoms with Gasteiger partial charge < -0.3 is 9.88 Å². The molecule has 1 unspecified atom stereocenters. The van der Waals surface area contributed by atoms with Crippen LogP contribution in [0, 0.1) is 12.3 Å². The summed E-state index contributed by atoms with van der Waals surface area (Å²) in [4.78, 5) is 23.6. The van der Waals surface area contributed by atoms with Gasteiger partial charge in [0.15, 0.2) is 5.78 Å². The molecule has 1 aromatic heterocycles. The molecule has 4 nitrogen and oxygen atoms in total. The largest absolute Gasteiger partial charge is 0.352 e. The molecule has 1 saturated heterocycles. The van der Waals surface area contributed by atoms with Crippen LogP contribution in [0.4, 0.5) is 0 Å². The van der Waals surface area contributed by atoms with Crippen molar-refractivity contribution in [3.05, 3.63) is 23.0 Å². The van der Waals surface area contributed by atoms with Crippen LogP contribution in [0.2, 0.25) is 0 Å². The fraction of sp³-hybridized carbons (Fsp3) is 0.625. The molecule has 4 heteroatoms. The summed E-state index contributed by atoms with van der Waals surface area (Å²) in [5, 5.41) is 3.01. The molecule has 3 rings (SSSR count). The number of carbonyl (C=O) groups excluding carboxylic acids is 2. The molecule has 1 aliphatic heterocycles. The van der Waals surface area contributed by atoms with E-state index in [0.717, 1.165) is 36.3 Å². The van der Waals surface area contributed by atoms with Crippen molar-refractivity contribution in [3.63, 3.8) is 0 Å². The minimum atomic E-state index is 0.0333. The lowest BCUT2D eigenvalue weighted by Crippen LogP contribution is -2.33. The smallest absolute Gasteiger partial charge is 0.220 e. The van der Waals surface area contributed by atoms with Gasteiger partial charge in [-0.25, -0.2) is 0 Å². The first kappa shape index (κ1) is 13.4. The Kier molecular flexibility index (Phi) is 3.00. The van der Waals surface area contributed by atoms with E-state index in [1.807, 2.05) is 6.07 Å². The Morgan fingerprint density at radius 2 is 2.10 bits per heavy atom. The third-order valence-electron chi connectivity index (χ3n) is 4.49. The van der Waals surface area contributed by atoms with Crippen LogP contribution in [0.5, 0.6) is 0 Å². The predicted molar refractivity (Wildman–Crippen MR) is 76.8 cm³/mol. The number of Topliss-reactive ketones (excluding diaryl/α,β-unsaturated/α-hetero) is 1. The molecular formula is C16H22N2O2. The number of hydrogen-bond acceptors (Lipinski definition) is 2. The zero-order valence-corrected chi connectivity index (χ0v) is 12.5. The van der Waals surface area contributed by atoms with Crippen molar-refractivity contribution >= 4 is 11.7 Å². The summed E-state index contributed by atoms with van der Waals surface area (Å²) >= 11 is 0. The molecule has 2 heterocycles. The molecule has 20 heavy (non-hydrogen) atoms. The van der Waals surface area contributed by atoms with Crippen molar-refractivity contribution in [1.29, 1.82) is 0 Å². The second-order valence-corrected chi connectivity index (χ2v) is 7.00. The van der Waals surface area contributed by atoms with E-state index in [1.54, 1.807) is 0 Å². The van der Waals surface area contributed by atoms with E-state index >= 15 is 0 Å². The first-order valence-electron chi connectivity index (χ1n) is 7.37. The van der Waals surface area contributed by atoms with Gasteiger partial charge in [-0.1, -0.05) is 13.8 Å². The highest BCUT2D eigenvalue weighted by Crippen LogP contribution is 2.36. The van der Waals surface area contributed by atoms with E-state index in [4.69, 9.17) is 0 Å². The summed E-state index contributed by atoms with van der Waals surface area (Å²) in [7, 11) is 0. The molecule has 1 atom stereocenters. The monoisotopic (exact) mass is 274 g/mol. The molecule has 2 aliphatic rings. The van der Waals surface area contributed by atoms with Crippen LogP contribution in [0.25, 0.3) is 0 Å². The minimum absolute atomic E-state index is 0.0333. The average molecular weight is 274 g/mol. The number of carbonyl (C=O) groups is 2. The second kappa shape index (κ2) is 4.47. The molecule has 1 amide bonds. The van der Waals surface area contributed by atoms with Crippen LogP contribution >= 0.6 is 0 Å². The van der Waals surface area contributed by atoms with Gasteiger partial charge in [0.05, 0.1) is 0 Å². The molecule has 108 valence electrons. The minimum Gasteiger partial charge on any atom is -0.352 e. The average Bonchev–Trinajstić information content (AvgIpc) is 2.86. The Morgan fingerprint density at radius 3 is 2.75 bits per heavy atom. The quantitative estimate of drug-likeness (QED) is 0.899. The lowest BCUT2D eigenvalue weighted by atomic mass is 9.76. The van der Waals surface area contributed by atoms with Gasteiger partial charge in [0.1, 0.15) is 0 Å². The SMILES string of the molecule is Cc1cc2c(n1CC1CCC(=O)N1)CC(C)(C)CC2=O. The molecule has 0 aromatic carbocycles. The highest BCUT2D eigenvalue weighted by Gasteiger charge is 2.34. The number of nitrogens with one attached hydrogen (secondary N) is 1. The van der Waals surface area contributed by atoms with Crippen LogP contribution in [-0.4, -0.2) is 22.3 Å². The van der Waals surface area contributed by atoms with Gasteiger partial charge in [0.25, 0.3) is 0 Å². The first-order valence-corrected chi connectivity index (χ1v) is 7.37. The fourth-order valence-electron chi connectivity index (χ4n) is 3.49. The number of amides is 1. The Bertz CT molecular complexity index is 584. The number of aromatic nitrogens is 1. The van der Waals surface area contributed by atoms with Gasteiger partial charge in [-0.15, -0.1) is 0 Å². The van der Waals surface area contributed by atoms with E-state index in [1.165, 1.54) is 0 Å². The van der Waals surface area contributed by atoms with Crippen LogP contribution in [0.15, 0.2) is 6.07 Å². The highest BCUT2D eigenvalue weighted by atomic mass is 16.2. The van der Waals surface area contributed by atoms with Crippen LogP contribution in [0.3, 0.4) is 0 Å². The van der Waals surface area contributed by atoms with E-state index in [0.29, 0.717) is 12.8 Å². The van der Waals surface area contributed by atoms with E-state index in [-0.39, 0.29) is 23.1 Å². The van der Waals surface area contributed by atoms with Gasteiger partial charge in [-0.2, -0.15) is 0 Å². The molecular weight excluding hydrogens is 252 g/mol. The molecule has 0 saturated carbocycles. The third kappa shape index (κ3) is 2.28. The number of hydrogen-bond donors (Lipinski definition) is 1. The Labute approximate surface area is 119 Å². The molecule has 0 radical (unpaired) electrons. The van der Waals surface area contributed by atoms with E-state index in [9.17, 15) is 9.59 Å². The summed E-state index contributed by atoms with van der Waals surface area (Å²) in [6.07, 6.45) is 3.08. The highest BCUT2D eigenvalue weighted by molar-refractivity contribution is 5.99. The number of ketones is 1. The number of rotatable bonds is 2. The second-order valence-electron chi connectivity index (χ2n) is 7.00. The van der Waals surface area contributed by atoms with E-state index in [2.05, 4.69) is 30.7 Å². The Balaban J connectivity index is 1.92. The maximum atomic E-state index is 12.3. The molecule has 1 aliphatic carbocycles. The maximum Gasteiger partial charge on any atom is 0.220 e. The van der Waals surface area contributed by atoms with Gasteiger partial charge in [-0.3, -0.25) is 9.59 Å². The summed E-state index contributed by atoms with van der Waals surface area (Å²) < 4.78 is 2.24. The van der Waals surface area contributed by atoms with Crippen LogP contribution in [-0.2, 0) is 17.8 Å². The molecule has 0 bridgehead atoms. The number of aryl methyl sites for hydroxylation is 1. The summed E-state index contributed by atoms with van der Waals surface area (Å²) in [5.41, 5.74) is 3.21. The van der Waals surface area contributed by atoms with Crippen molar-refractivity contribution in [1.82, 2.24) is 9.88 Å². The summed E-state index contributed by atoms with van der Waals surface area (Å²) in [6.45, 7) is 7.14. The van der Waals surface area contributed by atoms with Crippen molar-refractivity contribution in [2.75, 3.05) is 0 Å². The lowest BCUT2D eigenvalue weighted by Gasteiger charge is -2.30. The van der Waals surface area contributed by atoms with Crippen molar-refractivity contribution in [2.45, 2.75) is 59.0 Å². The Hall–Kier alpha value is -1.58. The number of nitrogens with zero attached hydrogens (tertiary/aromatic N) is 1. The molecule has 1 N–H and O–H groups in total. The number of fused-ring (bicyclic) bond motifs is 1. The standard InChI is InChI=1S/C16H22N2O2/c1-10-6-12-13(7-16(2,3)8-14(12)19)18(10)9-11-4-5-15(20)17-11/h6,11H,4-5,7-9H2,1-3H3,(H,17,20). The lowest BCUT2D eigenvalue weighted by molar-refractivity contribution is -0.119. The normalized spacial score (nSPS) is 24.6. The third-order valence-corrected chi connectivity index (χ3v) is 4.49. The van der Waals surface area contributed by atoms with Crippen LogP contribution in [0.1, 0.15) is 54.9 Å². The van der Waals surface area contributed by atoms with Crippen LogP contribution < -0.4 is 5.32 Å². The zero-order chi connectivity index (χ0) is 14.5. The van der Waals surface area contributed by atoms with Gasteiger partial charge in [-0.05, 0) is 31.2 Å². The topological polar surface area (TPSA) is 51.1 Å². The molecule has 1 fully saturated rings. The van der Waals surface area contributed by atoms with Crippen molar-refractivity contribution in [2.24, 2.45) is 5.41 Å². The predicted octanol–water partition coefficient (Wildman–Crippen LogP) is 2.23. The van der Waals surface area contributed by atoms with Gasteiger partial charge in [0, 0.05) is 42.4 Å². The van der Waals surface area contributed by atoms with E-state index < -0.39 is 0 Å². The first-order chi connectivity index (χ1) is 9.35. The maximum absolute atomic E-state index is 12.3.